The highest BCUT2D eigenvalue weighted by Crippen LogP contribution is 2.36. The van der Waals surface area contributed by atoms with E-state index in [-0.39, 0.29) is 11.8 Å². The number of methoxy groups -OCH3 is 2. The van der Waals surface area contributed by atoms with Crippen molar-refractivity contribution in [3.05, 3.63) is 12.1 Å². The third kappa shape index (κ3) is 4.96. The van der Waals surface area contributed by atoms with Gasteiger partial charge in [0.1, 0.15) is 0 Å². The van der Waals surface area contributed by atoms with Gasteiger partial charge in [-0.3, -0.25) is 9.59 Å². The molecule has 0 saturated heterocycles. The van der Waals surface area contributed by atoms with Crippen molar-refractivity contribution in [3.63, 3.8) is 0 Å². The van der Waals surface area contributed by atoms with Crippen LogP contribution >= 0.6 is 0 Å². The van der Waals surface area contributed by atoms with Crippen molar-refractivity contribution < 1.29 is 19.1 Å². The second-order valence-electron chi connectivity index (χ2n) is 4.37. The van der Waals surface area contributed by atoms with Crippen LogP contribution in [0.5, 0.6) is 11.5 Å². The third-order valence-electron chi connectivity index (χ3n) is 2.72. The molecule has 0 bridgehead atoms. The van der Waals surface area contributed by atoms with Crippen molar-refractivity contribution in [2.45, 2.75) is 19.8 Å². The number of anilines is 2. The minimum Gasteiger partial charge on any atom is -0.493 e. The zero-order chi connectivity index (χ0) is 15.8. The number of hydrogen-bond donors (Lipinski definition) is 3. The number of nitrogens with two attached hydrogens (primary N) is 1. The predicted molar refractivity (Wildman–Crippen MR) is 80.8 cm³/mol. The molecule has 1 aromatic carbocycles. The van der Waals surface area contributed by atoms with Gasteiger partial charge >= 0.3 is 0 Å². The van der Waals surface area contributed by atoms with Gasteiger partial charge in [0.25, 0.3) is 0 Å². The summed E-state index contributed by atoms with van der Waals surface area (Å²) < 4.78 is 10.4. The van der Waals surface area contributed by atoms with E-state index in [1.54, 1.807) is 12.1 Å². The van der Waals surface area contributed by atoms with E-state index >= 15 is 0 Å². The molecule has 21 heavy (non-hydrogen) atoms. The second kappa shape index (κ2) is 8.11. The van der Waals surface area contributed by atoms with Gasteiger partial charge in [-0.25, -0.2) is 0 Å². The molecular weight excluding hydrogens is 274 g/mol. The number of hydrogen-bond acceptors (Lipinski definition) is 5. The highest BCUT2D eigenvalue weighted by molar-refractivity contribution is 5.99. The van der Waals surface area contributed by atoms with Crippen molar-refractivity contribution in [2.75, 3.05) is 31.4 Å². The standard InChI is InChI=1S/C14H21N3O4/c1-9(18)16-10-7-12(20-2)13(21-3)8-11(10)17-14(19)5-4-6-15/h7-8H,4-6,15H2,1-3H3,(H,16,18)(H,17,19). The van der Waals surface area contributed by atoms with Crippen LogP contribution in [0.3, 0.4) is 0 Å². The topological polar surface area (TPSA) is 103 Å². The molecule has 7 nitrogen and oxygen atoms in total. The molecule has 0 saturated carbocycles. The Morgan fingerprint density at radius 1 is 1.10 bits per heavy atom. The lowest BCUT2D eigenvalue weighted by molar-refractivity contribution is -0.116. The normalized spacial score (nSPS) is 9.90. The summed E-state index contributed by atoms with van der Waals surface area (Å²) in [4.78, 5) is 23.1. The van der Waals surface area contributed by atoms with Gasteiger partial charge in [-0.05, 0) is 13.0 Å². The lowest BCUT2D eigenvalue weighted by Crippen LogP contribution is -2.16. The highest BCUT2D eigenvalue weighted by Gasteiger charge is 2.14. The first-order valence-electron chi connectivity index (χ1n) is 6.55. The van der Waals surface area contributed by atoms with Gasteiger partial charge in [-0.1, -0.05) is 0 Å². The first-order chi connectivity index (χ1) is 10.0. The van der Waals surface area contributed by atoms with Crippen LogP contribution < -0.4 is 25.8 Å². The van der Waals surface area contributed by atoms with Crippen LogP contribution in [0.4, 0.5) is 11.4 Å². The average molecular weight is 295 g/mol. The van der Waals surface area contributed by atoms with Crippen LogP contribution in [0.25, 0.3) is 0 Å². The Balaban J connectivity index is 3.07. The number of amides is 2. The maximum Gasteiger partial charge on any atom is 0.224 e. The summed E-state index contributed by atoms with van der Waals surface area (Å²) in [6, 6.07) is 3.20. The zero-order valence-electron chi connectivity index (χ0n) is 12.5. The molecule has 0 aliphatic rings. The fourth-order valence-corrected chi connectivity index (χ4v) is 1.75. The average Bonchev–Trinajstić information content (AvgIpc) is 2.45. The van der Waals surface area contributed by atoms with E-state index in [0.29, 0.717) is 42.3 Å². The molecule has 0 atom stereocenters. The molecule has 0 aromatic heterocycles. The Morgan fingerprint density at radius 3 is 2.05 bits per heavy atom. The first kappa shape index (κ1) is 16.8. The van der Waals surface area contributed by atoms with Crippen LogP contribution in [0.2, 0.25) is 0 Å². The Kier molecular flexibility index (Phi) is 6.48. The van der Waals surface area contributed by atoms with Gasteiger partial charge < -0.3 is 25.8 Å². The minimum absolute atomic E-state index is 0.181. The SMILES string of the molecule is COc1cc(NC(C)=O)c(NC(=O)CCCN)cc1OC. The van der Waals surface area contributed by atoms with Crippen LogP contribution in [-0.4, -0.2) is 32.6 Å². The molecule has 0 unspecified atom stereocenters. The largest absolute Gasteiger partial charge is 0.493 e. The number of nitrogens with one attached hydrogen (secondary N) is 2. The van der Waals surface area contributed by atoms with Gasteiger partial charge in [-0.15, -0.1) is 0 Å². The molecule has 1 rings (SSSR count). The van der Waals surface area contributed by atoms with E-state index in [4.69, 9.17) is 15.2 Å². The Labute approximate surface area is 123 Å². The summed E-state index contributed by atoms with van der Waals surface area (Å²) in [7, 11) is 2.99. The Bertz CT molecular complexity index is 517. The number of carbonyl (C=O) groups excluding carboxylic acids is 2. The van der Waals surface area contributed by atoms with E-state index in [9.17, 15) is 9.59 Å². The Hall–Kier alpha value is -2.28. The van der Waals surface area contributed by atoms with Crippen LogP contribution in [0, 0.1) is 0 Å². The number of ether oxygens (including phenoxy) is 2. The minimum atomic E-state index is -0.250. The number of carbonyl (C=O) groups is 2. The van der Waals surface area contributed by atoms with Gasteiger partial charge in [-0.2, -0.15) is 0 Å². The van der Waals surface area contributed by atoms with Gasteiger partial charge in [0, 0.05) is 25.5 Å². The molecule has 4 N–H and O–H groups in total. The molecule has 7 heteroatoms. The van der Waals surface area contributed by atoms with Gasteiger partial charge in [0.05, 0.1) is 25.6 Å². The molecular formula is C14H21N3O4. The molecule has 0 radical (unpaired) electrons. The van der Waals surface area contributed by atoms with E-state index < -0.39 is 0 Å². The lowest BCUT2D eigenvalue weighted by Gasteiger charge is -2.15. The van der Waals surface area contributed by atoms with Crippen LogP contribution in [-0.2, 0) is 9.59 Å². The molecule has 0 fully saturated rings. The third-order valence-corrected chi connectivity index (χ3v) is 2.72. The maximum atomic E-state index is 11.8. The predicted octanol–water partition coefficient (Wildman–Crippen LogP) is 1.34. The van der Waals surface area contributed by atoms with E-state index in [1.165, 1.54) is 21.1 Å². The van der Waals surface area contributed by atoms with Crippen molar-refractivity contribution >= 4 is 23.2 Å². The highest BCUT2D eigenvalue weighted by atomic mass is 16.5. The van der Waals surface area contributed by atoms with Crippen LogP contribution in [0.15, 0.2) is 12.1 Å². The van der Waals surface area contributed by atoms with Gasteiger partial charge in [0.15, 0.2) is 11.5 Å². The van der Waals surface area contributed by atoms with Crippen molar-refractivity contribution in [3.8, 4) is 11.5 Å². The molecule has 2 amide bonds. The second-order valence-corrected chi connectivity index (χ2v) is 4.37. The summed E-state index contributed by atoms with van der Waals surface area (Å²) in [5.41, 5.74) is 6.27. The van der Waals surface area contributed by atoms with E-state index in [1.807, 2.05) is 0 Å². The fraction of sp³-hybridized carbons (Fsp3) is 0.429. The molecule has 0 aliphatic carbocycles. The van der Waals surface area contributed by atoms with Gasteiger partial charge in [0.2, 0.25) is 11.8 Å². The summed E-state index contributed by atoms with van der Waals surface area (Å²) in [6.07, 6.45) is 0.902. The molecule has 0 spiro atoms. The quantitative estimate of drug-likeness (QED) is 0.704. The number of rotatable bonds is 7. The molecule has 0 heterocycles. The summed E-state index contributed by atoms with van der Waals surface area (Å²) in [6.45, 7) is 1.83. The molecule has 116 valence electrons. The van der Waals surface area contributed by atoms with Crippen molar-refractivity contribution in [1.29, 1.82) is 0 Å². The van der Waals surface area contributed by atoms with Crippen molar-refractivity contribution in [2.24, 2.45) is 5.73 Å². The lowest BCUT2D eigenvalue weighted by atomic mass is 10.2. The molecule has 1 aromatic rings. The summed E-state index contributed by atoms with van der Waals surface area (Å²) >= 11 is 0. The molecule has 0 aliphatic heterocycles. The smallest absolute Gasteiger partial charge is 0.224 e. The van der Waals surface area contributed by atoms with E-state index in [2.05, 4.69) is 10.6 Å². The van der Waals surface area contributed by atoms with E-state index in [0.717, 1.165) is 0 Å². The monoisotopic (exact) mass is 295 g/mol. The summed E-state index contributed by atoms with van der Waals surface area (Å²) in [5, 5.41) is 5.38. The summed E-state index contributed by atoms with van der Waals surface area (Å²) in [5.74, 6) is 0.487. The van der Waals surface area contributed by atoms with Crippen LogP contribution in [0.1, 0.15) is 19.8 Å². The zero-order valence-corrected chi connectivity index (χ0v) is 12.5. The van der Waals surface area contributed by atoms with Crippen molar-refractivity contribution in [1.82, 2.24) is 0 Å². The Morgan fingerprint density at radius 2 is 1.62 bits per heavy atom. The maximum absolute atomic E-state index is 11.8. The number of benzene rings is 1. The first-order valence-corrected chi connectivity index (χ1v) is 6.55. The fourth-order valence-electron chi connectivity index (χ4n) is 1.75.